The summed E-state index contributed by atoms with van der Waals surface area (Å²) in [6.45, 7) is 7.38. The summed E-state index contributed by atoms with van der Waals surface area (Å²) in [5.74, 6) is -0.792. The van der Waals surface area contributed by atoms with E-state index < -0.39 is 17.7 Å². The summed E-state index contributed by atoms with van der Waals surface area (Å²) in [6.07, 6.45) is 0. The monoisotopic (exact) mass is 436 g/mol. The van der Waals surface area contributed by atoms with Crippen LogP contribution < -0.4 is 4.74 Å². The summed E-state index contributed by atoms with van der Waals surface area (Å²) in [6, 6.07) is 14.1. The van der Waals surface area contributed by atoms with Gasteiger partial charge in [0.15, 0.2) is 0 Å². The molecule has 0 aromatic heterocycles. The van der Waals surface area contributed by atoms with Crippen molar-refractivity contribution in [3.8, 4) is 5.75 Å². The zero-order valence-electron chi connectivity index (χ0n) is 19.7. The van der Waals surface area contributed by atoms with E-state index in [1.165, 1.54) is 0 Å². The molecule has 0 bridgehead atoms. The van der Waals surface area contributed by atoms with Gasteiger partial charge in [0.25, 0.3) is 11.7 Å². The van der Waals surface area contributed by atoms with Crippen molar-refractivity contribution < 1.29 is 19.4 Å². The van der Waals surface area contributed by atoms with Gasteiger partial charge in [-0.15, -0.1) is 0 Å². The smallest absolute Gasteiger partial charge is 0.295 e. The Hall–Kier alpha value is -3.12. The standard InChI is InChI=1S/C26H32N2O4/c1-26(2,3)19-11-7-17(8-12-19)22-21(23(29)18-9-13-20(32-6)14-10-18)24(30)25(31)28(22)16-15-27(4)5/h7-14,22,29H,15-16H2,1-6H3/t22-/m1/s1. The van der Waals surface area contributed by atoms with Crippen molar-refractivity contribution in [2.75, 3.05) is 34.3 Å². The van der Waals surface area contributed by atoms with Gasteiger partial charge in [-0.2, -0.15) is 0 Å². The van der Waals surface area contributed by atoms with E-state index in [4.69, 9.17) is 4.74 Å². The maximum absolute atomic E-state index is 13.1. The number of Topliss-reactive ketones (excluding diaryl/α,β-unsaturated/α-hetero) is 1. The average Bonchev–Trinajstić information content (AvgIpc) is 3.01. The third-order valence-corrected chi connectivity index (χ3v) is 5.78. The van der Waals surface area contributed by atoms with Crippen LogP contribution in [0.15, 0.2) is 54.1 Å². The molecule has 1 aliphatic heterocycles. The Bertz CT molecular complexity index is 1020. The molecule has 170 valence electrons. The molecule has 3 rings (SSSR count). The molecule has 0 unspecified atom stereocenters. The Labute approximate surface area is 190 Å². The molecule has 6 heteroatoms. The van der Waals surface area contributed by atoms with Crippen LogP contribution in [0.25, 0.3) is 5.76 Å². The molecule has 2 aromatic carbocycles. The van der Waals surface area contributed by atoms with E-state index in [9.17, 15) is 14.7 Å². The van der Waals surface area contributed by atoms with Gasteiger partial charge in [-0.25, -0.2) is 0 Å². The van der Waals surface area contributed by atoms with Gasteiger partial charge in [0.2, 0.25) is 0 Å². The summed E-state index contributed by atoms with van der Waals surface area (Å²) in [4.78, 5) is 29.5. The van der Waals surface area contributed by atoms with Gasteiger partial charge in [0.05, 0.1) is 18.7 Å². The number of methoxy groups -OCH3 is 1. The van der Waals surface area contributed by atoms with Crippen molar-refractivity contribution in [3.63, 3.8) is 0 Å². The highest BCUT2D eigenvalue weighted by atomic mass is 16.5. The summed E-state index contributed by atoms with van der Waals surface area (Å²) in [5, 5.41) is 11.1. The molecule has 1 aliphatic rings. The van der Waals surface area contributed by atoms with Crippen molar-refractivity contribution in [2.24, 2.45) is 0 Å². The molecule has 0 saturated carbocycles. The number of hydrogen-bond acceptors (Lipinski definition) is 5. The fourth-order valence-electron chi connectivity index (χ4n) is 3.83. The lowest BCUT2D eigenvalue weighted by atomic mass is 9.85. The van der Waals surface area contributed by atoms with Crippen LogP contribution in [-0.4, -0.2) is 60.9 Å². The van der Waals surface area contributed by atoms with Crippen LogP contribution in [-0.2, 0) is 15.0 Å². The first-order valence-electron chi connectivity index (χ1n) is 10.7. The lowest BCUT2D eigenvalue weighted by molar-refractivity contribution is -0.140. The number of carbonyl (C=O) groups excluding carboxylic acids is 2. The molecule has 1 fully saturated rings. The van der Waals surface area contributed by atoms with Crippen LogP contribution in [0.4, 0.5) is 0 Å². The predicted molar refractivity (Wildman–Crippen MR) is 126 cm³/mol. The van der Waals surface area contributed by atoms with E-state index in [1.54, 1.807) is 36.3 Å². The number of ether oxygens (including phenoxy) is 1. The van der Waals surface area contributed by atoms with E-state index in [0.29, 0.717) is 24.4 Å². The fourth-order valence-corrected chi connectivity index (χ4v) is 3.83. The highest BCUT2D eigenvalue weighted by Crippen LogP contribution is 2.40. The molecule has 1 saturated heterocycles. The zero-order chi connectivity index (χ0) is 23.6. The Kier molecular flexibility index (Phi) is 6.74. The first-order chi connectivity index (χ1) is 15.0. The molecule has 1 heterocycles. The first kappa shape index (κ1) is 23.5. The summed E-state index contributed by atoms with van der Waals surface area (Å²) < 4.78 is 5.18. The number of ketones is 1. The highest BCUT2D eigenvalue weighted by Gasteiger charge is 2.45. The number of hydrogen-bond donors (Lipinski definition) is 1. The molecule has 0 aliphatic carbocycles. The summed E-state index contributed by atoms with van der Waals surface area (Å²) in [7, 11) is 5.40. The number of benzene rings is 2. The van der Waals surface area contributed by atoms with Crippen LogP contribution >= 0.6 is 0 Å². The molecule has 0 spiro atoms. The lowest BCUT2D eigenvalue weighted by Gasteiger charge is -2.27. The number of likely N-dealkylation sites (N-methyl/N-ethyl adjacent to an activating group) is 1. The van der Waals surface area contributed by atoms with Gasteiger partial charge in [-0.3, -0.25) is 9.59 Å². The maximum atomic E-state index is 13.1. The molecule has 32 heavy (non-hydrogen) atoms. The normalized spacial score (nSPS) is 18.5. The number of aliphatic hydroxyl groups excluding tert-OH is 1. The van der Waals surface area contributed by atoms with Crippen molar-refractivity contribution in [1.29, 1.82) is 0 Å². The van der Waals surface area contributed by atoms with Crippen molar-refractivity contribution in [3.05, 3.63) is 70.8 Å². The number of aliphatic hydroxyl groups is 1. The van der Waals surface area contributed by atoms with E-state index in [1.807, 2.05) is 43.3 Å². The minimum atomic E-state index is -0.665. The highest BCUT2D eigenvalue weighted by molar-refractivity contribution is 6.46. The Morgan fingerprint density at radius 3 is 2.12 bits per heavy atom. The van der Waals surface area contributed by atoms with Crippen LogP contribution in [0.1, 0.15) is 43.5 Å². The first-order valence-corrected chi connectivity index (χ1v) is 10.7. The second kappa shape index (κ2) is 9.17. The third kappa shape index (κ3) is 4.70. The van der Waals surface area contributed by atoms with Gasteiger partial charge < -0.3 is 19.6 Å². The van der Waals surface area contributed by atoms with Gasteiger partial charge in [-0.05, 0) is 54.9 Å². The number of nitrogens with zero attached hydrogens (tertiary/aromatic N) is 2. The summed E-state index contributed by atoms with van der Waals surface area (Å²) >= 11 is 0. The van der Waals surface area contributed by atoms with Gasteiger partial charge >= 0.3 is 0 Å². The average molecular weight is 437 g/mol. The zero-order valence-corrected chi connectivity index (χ0v) is 19.7. The minimum Gasteiger partial charge on any atom is -0.507 e. The Morgan fingerprint density at radius 2 is 1.62 bits per heavy atom. The molecule has 1 amide bonds. The molecule has 6 nitrogen and oxygen atoms in total. The SMILES string of the molecule is COc1ccc(C(O)=C2C(=O)C(=O)N(CCN(C)C)[C@@H]2c2ccc(C(C)(C)C)cc2)cc1. The molecular formula is C26H32N2O4. The van der Waals surface area contributed by atoms with E-state index in [0.717, 1.165) is 11.1 Å². The van der Waals surface area contributed by atoms with Crippen LogP contribution in [0, 0.1) is 0 Å². The van der Waals surface area contributed by atoms with E-state index in [2.05, 4.69) is 20.8 Å². The lowest BCUT2D eigenvalue weighted by Crippen LogP contribution is -2.35. The topological polar surface area (TPSA) is 70.1 Å². The van der Waals surface area contributed by atoms with Gasteiger partial charge in [-0.1, -0.05) is 45.0 Å². The van der Waals surface area contributed by atoms with Gasteiger partial charge in [0.1, 0.15) is 11.5 Å². The predicted octanol–water partition coefficient (Wildman–Crippen LogP) is 3.98. The third-order valence-electron chi connectivity index (χ3n) is 5.78. The molecular weight excluding hydrogens is 404 g/mol. The molecule has 1 N–H and O–H groups in total. The Morgan fingerprint density at radius 1 is 1.03 bits per heavy atom. The number of likely N-dealkylation sites (tertiary alicyclic amines) is 1. The maximum Gasteiger partial charge on any atom is 0.295 e. The number of rotatable bonds is 6. The van der Waals surface area contributed by atoms with Crippen molar-refractivity contribution in [2.45, 2.75) is 32.2 Å². The molecule has 0 radical (unpaired) electrons. The second-order valence-corrected chi connectivity index (χ2v) is 9.40. The van der Waals surface area contributed by atoms with Crippen molar-refractivity contribution in [1.82, 2.24) is 9.80 Å². The van der Waals surface area contributed by atoms with Crippen LogP contribution in [0.3, 0.4) is 0 Å². The largest absolute Gasteiger partial charge is 0.507 e. The quantitative estimate of drug-likeness (QED) is 0.421. The van der Waals surface area contributed by atoms with E-state index in [-0.39, 0.29) is 16.7 Å². The minimum absolute atomic E-state index is 0.0195. The number of carbonyl (C=O) groups is 2. The second-order valence-electron chi connectivity index (χ2n) is 9.40. The number of amides is 1. The van der Waals surface area contributed by atoms with Gasteiger partial charge in [0, 0.05) is 18.7 Å². The molecule has 1 atom stereocenters. The summed E-state index contributed by atoms with van der Waals surface area (Å²) in [5.41, 5.74) is 2.51. The molecule has 2 aromatic rings. The fraction of sp³-hybridized carbons (Fsp3) is 0.385. The van der Waals surface area contributed by atoms with Crippen LogP contribution in [0.2, 0.25) is 0 Å². The van der Waals surface area contributed by atoms with Crippen molar-refractivity contribution >= 4 is 17.4 Å². The van der Waals surface area contributed by atoms with Crippen LogP contribution in [0.5, 0.6) is 5.75 Å². The van der Waals surface area contributed by atoms with E-state index >= 15 is 0 Å². The Balaban J connectivity index is 2.12.